The third-order valence-corrected chi connectivity index (χ3v) is 4.75. The van der Waals surface area contributed by atoms with Crippen LogP contribution in [0.1, 0.15) is 28.5 Å². The van der Waals surface area contributed by atoms with Gasteiger partial charge in [-0.3, -0.25) is 14.8 Å². The first kappa shape index (κ1) is 20.9. The number of hydrogen-bond acceptors (Lipinski definition) is 4. The van der Waals surface area contributed by atoms with Crippen molar-refractivity contribution in [2.45, 2.75) is 19.5 Å². The number of rotatable bonds is 4. The molecule has 0 aliphatic carbocycles. The van der Waals surface area contributed by atoms with E-state index in [0.717, 1.165) is 12.5 Å². The lowest BCUT2D eigenvalue weighted by atomic mass is 10.0. The van der Waals surface area contributed by atoms with E-state index in [1.165, 1.54) is 30.6 Å². The molecule has 0 saturated carbocycles. The Morgan fingerprint density at radius 3 is 2.73 bits per heavy atom. The summed E-state index contributed by atoms with van der Waals surface area (Å²) in [6, 6.07) is 11.1. The molecule has 1 unspecified atom stereocenters. The Labute approximate surface area is 177 Å². The van der Waals surface area contributed by atoms with E-state index >= 15 is 0 Å². The van der Waals surface area contributed by atoms with E-state index in [9.17, 15) is 9.18 Å². The molecule has 0 fully saturated rings. The Kier molecular flexibility index (Phi) is 5.77. The van der Waals surface area contributed by atoms with Gasteiger partial charge in [0, 0.05) is 29.2 Å². The Hall–Kier alpha value is -3.81. The molecule has 1 amide bonds. The number of nitriles is 1. The number of nitrogens with zero attached hydrogens (tertiary/aromatic N) is 4. The van der Waals surface area contributed by atoms with E-state index in [0.29, 0.717) is 22.5 Å². The number of aromatic nitrogens is 2. The predicted octanol–water partition coefficient (Wildman–Crippen LogP) is 5.62. The van der Waals surface area contributed by atoms with E-state index in [-0.39, 0.29) is 16.4 Å². The standard InChI is InChI=1S/C22H15ClFN5O/c1-13-4-5-15(9-17(13)18-10-16(26-3)11-28-20(18)23)29-21(30)14-6-7-27-19(8-14)22(2,24)12-25/h4-11H,1-2H3,(H,29,30). The largest absolute Gasteiger partial charge is 0.322 e. The quantitative estimate of drug-likeness (QED) is 0.439. The number of amides is 1. The molecule has 1 N–H and O–H groups in total. The highest BCUT2D eigenvalue weighted by Crippen LogP contribution is 2.33. The molecule has 0 radical (unpaired) electrons. The monoisotopic (exact) mass is 419 g/mol. The molecule has 3 rings (SSSR count). The normalized spacial score (nSPS) is 12.3. The smallest absolute Gasteiger partial charge is 0.255 e. The first-order chi connectivity index (χ1) is 14.2. The van der Waals surface area contributed by atoms with Crippen LogP contribution in [0.25, 0.3) is 16.0 Å². The summed E-state index contributed by atoms with van der Waals surface area (Å²) in [6.45, 7) is 10.1. The van der Waals surface area contributed by atoms with Gasteiger partial charge in [0.1, 0.15) is 11.2 Å². The topological polar surface area (TPSA) is 83.0 Å². The number of anilines is 1. The van der Waals surface area contributed by atoms with Gasteiger partial charge in [0.2, 0.25) is 11.4 Å². The van der Waals surface area contributed by atoms with Crippen LogP contribution in [-0.2, 0) is 5.67 Å². The van der Waals surface area contributed by atoms with Gasteiger partial charge >= 0.3 is 0 Å². The van der Waals surface area contributed by atoms with Crippen molar-refractivity contribution in [1.29, 1.82) is 5.26 Å². The lowest BCUT2D eigenvalue weighted by Crippen LogP contribution is -2.17. The molecule has 2 aromatic heterocycles. The van der Waals surface area contributed by atoms with Crippen LogP contribution in [-0.4, -0.2) is 15.9 Å². The fourth-order valence-corrected chi connectivity index (χ4v) is 2.97. The Balaban J connectivity index is 1.94. The molecular formula is C22H15ClFN5O. The van der Waals surface area contributed by atoms with Crippen LogP contribution in [0.5, 0.6) is 0 Å². The summed E-state index contributed by atoms with van der Waals surface area (Å²) >= 11 is 6.22. The second-order valence-electron chi connectivity index (χ2n) is 6.67. The number of halogens is 2. The number of pyridine rings is 2. The van der Waals surface area contributed by atoms with E-state index in [1.807, 2.05) is 6.92 Å². The van der Waals surface area contributed by atoms with Crippen molar-refractivity contribution >= 4 is 28.9 Å². The van der Waals surface area contributed by atoms with Gasteiger partial charge in [-0.1, -0.05) is 17.7 Å². The van der Waals surface area contributed by atoms with Crippen molar-refractivity contribution in [2.75, 3.05) is 5.32 Å². The summed E-state index contributed by atoms with van der Waals surface area (Å²) in [5.74, 6) is -0.485. The molecule has 2 heterocycles. The fraction of sp³-hybridized carbons (Fsp3) is 0.136. The summed E-state index contributed by atoms with van der Waals surface area (Å²) in [7, 11) is 0. The molecule has 148 valence electrons. The van der Waals surface area contributed by atoms with Gasteiger partial charge in [-0.15, -0.1) is 0 Å². The third kappa shape index (κ3) is 4.27. The minimum absolute atomic E-state index is 0.143. The first-order valence-electron chi connectivity index (χ1n) is 8.77. The van der Waals surface area contributed by atoms with Crippen molar-refractivity contribution in [3.8, 4) is 17.2 Å². The van der Waals surface area contributed by atoms with Crippen LogP contribution < -0.4 is 5.32 Å². The molecular weight excluding hydrogens is 405 g/mol. The number of carbonyl (C=O) groups excluding carboxylic acids is 1. The summed E-state index contributed by atoms with van der Waals surface area (Å²) < 4.78 is 14.2. The summed E-state index contributed by atoms with van der Waals surface area (Å²) in [6.07, 6.45) is 2.67. The minimum atomic E-state index is -2.30. The number of hydrogen-bond donors (Lipinski definition) is 1. The van der Waals surface area contributed by atoms with Gasteiger partial charge < -0.3 is 5.32 Å². The van der Waals surface area contributed by atoms with Crippen LogP contribution >= 0.6 is 11.6 Å². The van der Waals surface area contributed by atoms with Crippen molar-refractivity contribution < 1.29 is 9.18 Å². The summed E-state index contributed by atoms with van der Waals surface area (Å²) in [4.78, 5) is 23.9. The van der Waals surface area contributed by atoms with Gasteiger partial charge in [-0.05, 0) is 55.3 Å². The predicted molar refractivity (Wildman–Crippen MR) is 112 cm³/mol. The zero-order valence-corrected chi connectivity index (χ0v) is 16.8. The van der Waals surface area contributed by atoms with Crippen molar-refractivity contribution in [1.82, 2.24) is 9.97 Å². The van der Waals surface area contributed by atoms with Gasteiger partial charge in [0.15, 0.2) is 0 Å². The van der Waals surface area contributed by atoms with Gasteiger partial charge in [0.05, 0.1) is 12.3 Å². The molecule has 8 heteroatoms. The van der Waals surface area contributed by atoms with E-state index in [1.54, 1.807) is 24.3 Å². The maximum atomic E-state index is 14.2. The molecule has 0 bridgehead atoms. The minimum Gasteiger partial charge on any atom is -0.322 e. The van der Waals surface area contributed by atoms with Crippen LogP contribution in [0.15, 0.2) is 48.8 Å². The van der Waals surface area contributed by atoms with Crippen LogP contribution in [0, 0.1) is 24.8 Å². The van der Waals surface area contributed by atoms with Crippen LogP contribution in [0.2, 0.25) is 5.15 Å². The Bertz CT molecular complexity index is 1230. The van der Waals surface area contributed by atoms with Crippen molar-refractivity contribution in [3.05, 3.63) is 82.2 Å². The first-order valence-corrected chi connectivity index (χ1v) is 9.15. The van der Waals surface area contributed by atoms with E-state index in [4.69, 9.17) is 23.4 Å². The lowest BCUT2D eigenvalue weighted by Gasteiger charge is -2.13. The summed E-state index contributed by atoms with van der Waals surface area (Å²) in [5, 5.41) is 11.9. The molecule has 3 aromatic rings. The van der Waals surface area contributed by atoms with Gasteiger partial charge in [-0.2, -0.15) is 5.26 Å². The second-order valence-corrected chi connectivity index (χ2v) is 7.03. The van der Waals surface area contributed by atoms with Crippen molar-refractivity contribution in [2.24, 2.45) is 0 Å². The SMILES string of the molecule is [C-]#[N+]c1cnc(Cl)c(-c2cc(NC(=O)c3ccnc(C(C)(F)C#N)c3)ccc2C)c1. The molecule has 1 aromatic carbocycles. The lowest BCUT2D eigenvalue weighted by molar-refractivity contribution is 0.102. The highest BCUT2D eigenvalue weighted by Gasteiger charge is 2.27. The zero-order chi connectivity index (χ0) is 21.9. The van der Waals surface area contributed by atoms with Gasteiger partial charge in [0.25, 0.3) is 5.91 Å². The average Bonchev–Trinajstić information content (AvgIpc) is 2.75. The maximum absolute atomic E-state index is 14.2. The zero-order valence-electron chi connectivity index (χ0n) is 16.1. The molecule has 0 aliphatic rings. The second kappa shape index (κ2) is 8.28. The molecule has 0 spiro atoms. The maximum Gasteiger partial charge on any atom is 0.255 e. The van der Waals surface area contributed by atoms with E-state index < -0.39 is 11.6 Å². The average molecular weight is 420 g/mol. The highest BCUT2D eigenvalue weighted by molar-refractivity contribution is 6.32. The third-order valence-electron chi connectivity index (χ3n) is 4.45. The van der Waals surface area contributed by atoms with Crippen LogP contribution in [0.3, 0.4) is 0 Å². The number of nitrogens with one attached hydrogen (secondary N) is 1. The molecule has 30 heavy (non-hydrogen) atoms. The number of alkyl halides is 1. The fourth-order valence-electron chi connectivity index (χ4n) is 2.77. The van der Waals surface area contributed by atoms with Crippen molar-refractivity contribution in [3.63, 3.8) is 0 Å². The van der Waals surface area contributed by atoms with Crippen LogP contribution in [0.4, 0.5) is 15.8 Å². The number of benzene rings is 1. The Morgan fingerprint density at radius 1 is 1.27 bits per heavy atom. The number of carbonyl (C=O) groups is 1. The van der Waals surface area contributed by atoms with E-state index in [2.05, 4.69) is 20.1 Å². The van der Waals surface area contributed by atoms with Gasteiger partial charge in [-0.25, -0.2) is 9.24 Å². The Morgan fingerprint density at radius 2 is 2.03 bits per heavy atom. The molecule has 0 saturated heterocycles. The molecule has 0 aliphatic heterocycles. The molecule has 1 atom stereocenters. The summed E-state index contributed by atoms with van der Waals surface area (Å²) in [5.41, 5.74) is 0.717. The molecule has 6 nitrogen and oxygen atoms in total. The highest BCUT2D eigenvalue weighted by atomic mass is 35.5. The number of aryl methyl sites for hydroxylation is 1.